The summed E-state index contributed by atoms with van der Waals surface area (Å²) in [6, 6.07) is 0. The molecule has 1 unspecified atom stereocenters. The van der Waals surface area contributed by atoms with E-state index >= 15 is 0 Å². The Hall–Kier alpha value is -0.940. The number of rotatable bonds is 2. The first-order valence-electron chi connectivity index (χ1n) is 4.56. The van der Waals surface area contributed by atoms with E-state index in [4.69, 9.17) is 38.5 Å². The summed E-state index contributed by atoms with van der Waals surface area (Å²) < 4.78 is 42.4. The highest BCUT2D eigenvalue weighted by atomic mass is 32.3. The molecule has 17 heavy (non-hydrogen) atoms. The minimum atomic E-state index is -4.67. The van der Waals surface area contributed by atoms with E-state index in [1.807, 2.05) is 13.8 Å². The zero-order chi connectivity index (χ0) is 13.7. The minimum Gasteiger partial charge on any atom is -0.370 e. The molecule has 1 rings (SSSR count). The van der Waals surface area contributed by atoms with Crippen LogP contribution in [0.1, 0.15) is 13.8 Å². The van der Waals surface area contributed by atoms with Crippen LogP contribution in [0, 0.1) is 0 Å². The molecule has 6 N–H and O–H groups in total. The van der Waals surface area contributed by atoms with E-state index in [1.165, 1.54) is 0 Å². The van der Waals surface area contributed by atoms with Crippen LogP contribution < -0.4 is 11.5 Å². The molecule has 1 saturated heterocycles. The molecule has 0 spiro atoms. The molecular formula is C7H17N3O6S. The van der Waals surface area contributed by atoms with Crippen LogP contribution in [-0.2, 0) is 19.9 Å². The molecule has 0 saturated carbocycles. The molecule has 9 nitrogen and oxygen atoms in total. The Kier molecular flexibility index (Phi) is 5.78. The average molecular weight is 271 g/mol. The molecule has 0 aromatic rings. The SMILES string of the molecule is CC1(C)OCC(CN=C(N)N)O1.O=S(=O)(O)O. The Labute approximate surface area is 99.4 Å². The number of nitrogens with two attached hydrogens (primary N) is 2. The Bertz CT molecular complexity index is 354. The molecule has 1 aliphatic heterocycles. The van der Waals surface area contributed by atoms with Crippen molar-refractivity contribution in [2.45, 2.75) is 25.7 Å². The van der Waals surface area contributed by atoms with Gasteiger partial charge in [0.2, 0.25) is 0 Å². The fraction of sp³-hybridized carbons (Fsp3) is 0.857. The van der Waals surface area contributed by atoms with Gasteiger partial charge in [0.15, 0.2) is 11.7 Å². The van der Waals surface area contributed by atoms with Gasteiger partial charge in [0, 0.05) is 0 Å². The van der Waals surface area contributed by atoms with Crippen molar-refractivity contribution in [3.05, 3.63) is 0 Å². The average Bonchev–Trinajstić information content (AvgIpc) is 2.39. The summed E-state index contributed by atoms with van der Waals surface area (Å²) in [7, 11) is -4.67. The van der Waals surface area contributed by atoms with Crippen molar-refractivity contribution in [1.82, 2.24) is 0 Å². The van der Waals surface area contributed by atoms with Gasteiger partial charge in [-0.15, -0.1) is 0 Å². The molecule has 1 fully saturated rings. The van der Waals surface area contributed by atoms with E-state index in [0.29, 0.717) is 13.2 Å². The minimum absolute atomic E-state index is 0.0258. The predicted molar refractivity (Wildman–Crippen MR) is 59.8 cm³/mol. The molecule has 0 bridgehead atoms. The highest BCUT2D eigenvalue weighted by molar-refractivity contribution is 7.79. The fourth-order valence-electron chi connectivity index (χ4n) is 1.06. The summed E-state index contributed by atoms with van der Waals surface area (Å²) in [6.07, 6.45) is -0.0258. The van der Waals surface area contributed by atoms with Gasteiger partial charge in [-0.1, -0.05) is 0 Å². The lowest BCUT2D eigenvalue weighted by Crippen LogP contribution is -2.27. The summed E-state index contributed by atoms with van der Waals surface area (Å²) in [5, 5.41) is 0. The van der Waals surface area contributed by atoms with E-state index in [0.717, 1.165) is 0 Å². The standard InChI is InChI=1S/C7H15N3O2.H2O4S/c1-7(2)11-4-5(12-7)3-10-6(8)9;1-5(2,3)4/h5H,3-4H2,1-2H3,(H4,8,9,10);(H2,1,2,3,4). The second-order valence-electron chi connectivity index (χ2n) is 3.66. The lowest BCUT2D eigenvalue weighted by atomic mass is 10.4. The summed E-state index contributed by atoms with van der Waals surface area (Å²) in [5.74, 6) is -0.410. The number of guanidine groups is 1. The van der Waals surface area contributed by atoms with Gasteiger partial charge in [-0.2, -0.15) is 8.42 Å². The third-order valence-electron chi connectivity index (χ3n) is 1.54. The number of hydrogen-bond acceptors (Lipinski definition) is 5. The van der Waals surface area contributed by atoms with Gasteiger partial charge in [-0.05, 0) is 13.8 Å². The smallest absolute Gasteiger partial charge is 0.370 e. The van der Waals surface area contributed by atoms with Crippen molar-refractivity contribution >= 4 is 16.4 Å². The van der Waals surface area contributed by atoms with Crippen LogP contribution in [0.4, 0.5) is 0 Å². The predicted octanol–water partition coefficient (Wildman–Crippen LogP) is -1.24. The Balaban J connectivity index is 0.000000437. The molecule has 0 aliphatic carbocycles. The number of nitrogens with zero attached hydrogens (tertiary/aromatic N) is 1. The van der Waals surface area contributed by atoms with Crippen molar-refractivity contribution in [3.63, 3.8) is 0 Å². The third-order valence-corrected chi connectivity index (χ3v) is 1.54. The van der Waals surface area contributed by atoms with Gasteiger partial charge in [-0.3, -0.25) is 14.1 Å². The van der Waals surface area contributed by atoms with E-state index in [-0.39, 0.29) is 12.1 Å². The highest BCUT2D eigenvalue weighted by Gasteiger charge is 2.32. The number of aliphatic imine (C=N–C) groups is 1. The number of hydrogen-bond donors (Lipinski definition) is 4. The van der Waals surface area contributed by atoms with Crippen LogP contribution in [0.15, 0.2) is 4.99 Å². The Morgan fingerprint density at radius 2 is 1.94 bits per heavy atom. The number of ether oxygens (including phenoxy) is 2. The molecule has 1 atom stereocenters. The quantitative estimate of drug-likeness (QED) is 0.276. The van der Waals surface area contributed by atoms with Gasteiger partial charge in [0.05, 0.1) is 13.2 Å². The Morgan fingerprint density at radius 1 is 1.47 bits per heavy atom. The lowest BCUT2D eigenvalue weighted by molar-refractivity contribution is -0.137. The highest BCUT2D eigenvalue weighted by Crippen LogP contribution is 2.21. The molecule has 10 heteroatoms. The first-order valence-corrected chi connectivity index (χ1v) is 5.96. The third kappa shape index (κ3) is 11.3. The molecular weight excluding hydrogens is 254 g/mol. The largest absolute Gasteiger partial charge is 0.394 e. The molecule has 0 amide bonds. The normalized spacial score (nSPS) is 22.5. The Morgan fingerprint density at radius 3 is 2.24 bits per heavy atom. The van der Waals surface area contributed by atoms with Crippen LogP contribution in [0.2, 0.25) is 0 Å². The maximum absolute atomic E-state index is 8.74. The van der Waals surface area contributed by atoms with Crippen LogP contribution in [0.25, 0.3) is 0 Å². The van der Waals surface area contributed by atoms with E-state index in [9.17, 15) is 0 Å². The van der Waals surface area contributed by atoms with Gasteiger partial charge in [0.25, 0.3) is 0 Å². The molecule has 1 aliphatic rings. The zero-order valence-corrected chi connectivity index (χ0v) is 10.3. The summed E-state index contributed by atoms with van der Waals surface area (Å²) in [5.41, 5.74) is 10.3. The van der Waals surface area contributed by atoms with Crippen molar-refractivity contribution in [3.8, 4) is 0 Å². The summed E-state index contributed by atoms with van der Waals surface area (Å²) in [6.45, 7) is 4.74. The van der Waals surface area contributed by atoms with Gasteiger partial charge < -0.3 is 20.9 Å². The first kappa shape index (κ1) is 16.1. The van der Waals surface area contributed by atoms with Gasteiger partial charge >= 0.3 is 10.4 Å². The van der Waals surface area contributed by atoms with Gasteiger partial charge in [0.1, 0.15) is 6.10 Å². The molecule has 0 aromatic heterocycles. The van der Waals surface area contributed by atoms with Crippen molar-refractivity contribution in [2.24, 2.45) is 16.5 Å². The first-order chi connectivity index (χ1) is 7.49. The van der Waals surface area contributed by atoms with Crippen molar-refractivity contribution < 1.29 is 27.0 Å². The summed E-state index contributed by atoms with van der Waals surface area (Å²) in [4.78, 5) is 3.84. The molecule has 0 aromatic carbocycles. The van der Waals surface area contributed by atoms with Crippen LogP contribution in [0.3, 0.4) is 0 Å². The molecule has 0 radical (unpaired) electrons. The fourth-order valence-corrected chi connectivity index (χ4v) is 1.06. The van der Waals surface area contributed by atoms with Crippen LogP contribution in [0.5, 0.6) is 0 Å². The second-order valence-corrected chi connectivity index (χ2v) is 4.56. The van der Waals surface area contributed by atoms with E-state index in [1.54, 1.807) is 0 Å². The maximum atomic E-state index is 8.74. The van der Waals surface area contributed by atoms with E-state index < -0.39 is 16.2 Å². The monoisotopic (exact) mass is 271 g/mol. The molecule has 102 valence electrons. The van der Waals surface area contributed by atoms with Crippen molar-refractivity contribution in [1.29, 1.82) is 0 Å². The zero-order valence-electron chi connectivity index (χ0n) is 9.53. The van der Waals surface area contributed by atoms with Crippen molar-refractivity contribution in [2.75, 3.05) is 13.2 Å². The van der Waals surface area contributed by atoms with E-state index in [2.05, 4.69) is 4.99 Å². The lowest BCUT2D eigenvalue weighted by Gasteiger charge is -2.16. The summed E-state index contributed by atoms with van der Waals surface area (Å²) >= 11 is 0. The topological polar surface area (TPSA) is 157 Å². The van der Waals surface area contributed by atoms with Crippen LogP contribution >= 0.6 is 0 Å². The maximum Gasteiger partial charge on any atom is 0.394 e. The molecule has 1 heterocycles. The second kappa shape index (κ2) is 6.12. The van der Waals surface area contributed by atoms with Gasteiger partial charge in [-0.25, -0.2) is 0 Å². The van der Waals surface area contributed by atoms with Crippen LogP contribution in [-0.4, -0.2) is 48.5 Å².